The predicted octanol–water partition coefficient (Wildman–Crippen LogP) is 1.54. The number of hydrogen-bond acceptors (Lipinski definition) is 2. The molecule has 0 atom stereocenters. The van der Waals surface area contributed by atoms with E-state index < -0.39 is 0 Å². The molecule has 0 heterocycles. The Morgan fingerprint density at radius 3 is 2.71 bits per heavy atom. The zero-order valence-electron chi connectivity index (χ0n) is 9.17. The largest absolute Gasteiger partial charge is 0.339 e. The predicted molar refractivity (Wildman–Crippen MR) is 60.0 cm³/mol. The molecule has 0 saturated carbocycles. The summed E-state index contributed by atoms with van der Waals surface area (Å²) in [6.45, 7) is 7.88. The van der Waals surface area contributed by atoms with Gasteiger partial charge in [-0.2, -0.15) is 0 Å². The van der Waals surface area contributed by atoms with Crippen molar-refractivity contribution in [3.63, 3.8) is 0 Å². The summed E-state index contributed by atoms with van der Waals surface area (Å²) in [5.41, 5.74) is 5.37. The molecule has 0 aromatic rings. The minimum atomic E-state index is 0.222. The van der Waals surface area contributed by atoms with Crippen LogP contribution in [0.3, 0.4) is 0 Å². The van der Waals surface area contributed by atoms with E-state index in [1.165, 1.54) is 0 Å². The van der Waals surface area contributed by atoms with Gasteiger partial charge in [0.1, 0.15) is 0 Å². The average molecular weight is 198 g/mol. The Labute approximate surface area is 87.0 Å². The molecule has 0 spiro atoms. The molecule has 0 aromatic heterocycles. The molecule has 82 valence electrons. The third kappa shape index (κ3) is 5.75. The van der Waals surface area contributed by atoms with Gasteiger partial charge in [-0.15, -0.1) is 6.58 Å². The fraction of sp³-hybridized carbons (Fsp3) is 0.727. The van der Waals surface area contributed by atoms with Gasteiger partial charge in [0.05, 0.1) is 0 Å². The van der Waals surface area contributed by atoms with Crippen molar-refractivity contribution in [3.05, 3.63) is 12.7 Å². The number of hydrogen-bond donors (Lipinski definition) is 1. The second kappa shape index (κ2) is 8.75. The van der Waals surface area contributed by atoms with Crippen LogP contribution in [0.1, 0.15) is 32.6 Å². The maximum absolute atomic E-state index is 11.6. The van der Waals surface area contributed by atoms with E-state index in [9.17, 15) is 4.79 Å². The van der Waals surface area contributed by atoms with Crippen LogP contribution in [-0.2, 0) is 4.79 Å². The van der Waals surface area contributed by atoms with Gasteiger partial charge in [0.2, 0.25) is 5.91 Å². The van der Waals surface area contributed by atoms with Crippen LogP contribution in [0.5, 0.6) is 0 Å². The average Bonchev–Trinajstić information content (AvgIpc) is 2.18. The second-order valence-electron chi connectivity index (χ2n) is 3.37. The van der Waals surface area contributed by atoms with Crippen LogP contribution in [0, 0.1) is 0 Å². The van der Waals surface area contributed by atoms with E-state index in [0.717, 1.165) is 25.8 Å². The zero-order chi connectivity index (χ0) is 10.8. The monoisotopic (exact) mass is 198 g/mol. The number of unbranched alkanes of at least 4 members (excludes halogenated alkanes) is 1. The van der Waals surface area contributed by atoms with Crippen molar-refractivity contribution in [2.45, 2.75) is 32.6 Å². The van der Waals surface area contributed by atoms with Gasteiger partial charge < -0.3 is 10.6 Å². The summed E-state index contributed by atoms with van der Waals surface area (Å²) in [6.07, 6.45) is 5.21. The van der Waals surface area contributed by atoms with Gasteiger partial charge in [0.15, 0.2) is 0 Å². The highest BCUT2D eigenvalue weighted by atomic mass is 16.2. The molecule has 0 unspecified atom stereocenters. The zero-order valence-corrected chi connectivity index (χ0v) is 9.17. The molecule has 14 heavy (non-hydrogen) atoms. The summed E-state index contributed by atoms with van der Waals surface area (Å²) >= 11 is 0. The first-order chi connectivity index (χ1) is 6.76. The van der Waals surface area contributed by atoms with Crippen LogP contribution < -0.4 is 5.73 Å². The molecule has 0 aliphatic rings. The Morgan fingerprint density at radius 2 is 2.21 bits per heavy atom. The molecule has 0 aliphatic heterocycles. The quantitative estimate of drug-likeness (QED) is 0.475. The van der Waals surface area contributed by atoms with Crippen LogP contribution in [0.2, 0.25) is 0 Å². The fourth-order valence-corrected chi connectivity index (χ4v) is 1.32. The van der Waals surface area contributed by atoms with Crippen LogP contribution in [0.15, 0.2) is 12.7 Å². The number of rotatable bonds is 8. The molecule has 0 rings (SSSR count). The number of nitrogens with two attached hydrogens (primary N) is 1. The topological polar surface area (TPSA) is 46.3 Å². The van der Waals surface area contributed by atoms with Crippen molar-refractivity contribution in [1.82, 2.24) is 4.90 Å². The van der Waals surface area contributed by atoms with Gasteiger partial charge in [0.25, 0.3) is 0 Å². The Balaban J connectivity index is 3.81. The standard InChI is InChI=1S/C11H22N2O/c1-3-9-13(10-4-2)11(14)7-5-6-8-12/h3H,1,4-10,12H2,2H3. The third-order valence-electron chi connectivity index (χ3n) is 2.04. The number of carbonyl (C=O) groups excluding carboxylic acids is 1. The maximum atomic E-state index is 11.6. The Hall–Kier alpha value is -0.830. The van der Waals surface area contributed by atoms with E-state index in [0.29, 0.717) is 19.5 Å². The van der Waals surface area contributed by atoms with Gasteiger partial charge in [-0.25, -0.2) is 0 Å². The molecule has 0 bridgehead atoms. The highest BCUT2D eigenvalue weighted by Crippen LogP contribution is 2.01. The summed E-state index contributed by atoms with van der Waals surface area (Å²) in [5, 5.41) is 0. The minimum Gasteiger partial charge on any atom is -0.339 e. The minimum absolute atomic E-state index is 0.222. The summed E-state index contributed by atoms with van der Waals surface area (Å²) < 4.78 is 0. The van der Waals surface area contributed by atoms with E-state index in [4.69, 9.17) is 5.73 Å². The van der Waals surface area contributed by atoms with Gasteiger partial charge in [-0.05, 0) is 25.8 Å². The fourth-order valence-electron chi connectivity index (χ4n) is 1.32. The van der Waals surface area contributed by atoms with Crippen molar-refractivity contribution in [2.75, 3.05) is 19.6 Å². The van der Waals surface area contributed by atoms with Crippen molar-refractivity contribution >= 4 is 5.91 Å². The lowest BCUT2D eigenvalue weighted by Crippen LogP contribution is -2.31. The highest BCUT2D eigenvalue weighted by Gasteiger charge is 2.09. The third-order valence-corrected chi connectivity index (χ3v) is 2.04. The first-order valence-corrected chi connectivity index (χ1v) is 5.35. The van der Waals surface area contributed by atoms with Crippen molar-refractivity contribution in [3.8, 4) is 0 Å². The lowest BCUT2D eigenvalue weighted by atomic mass is 10.2. The Kier molecular flexibility index (Phi) is 8.24. The second-order valence-corrected chi connectivity index (χ2v) is 3.37. The molecule has 3 nitrogen and oxygen atoms in total. The molecule has 0 radical (unpaired) electrons. The van der Waals surface area contributed by atoms with Crippen LogP contribution in [0.4, 0.5) is 0 Å². The summed E-state index contributed by atoms with van der Waals surface area (Å²) in [6, 6.07) is 0. The molecular formula is C11H22N2O. The molecule has 2 N–H and O–H groups in total. The van der Waals surface area contributed by atoms with Crippen LogP contribution >= 0.6 is 0 Å². The lowest BCUT2D eigenvalue weighted by molar-refractivity contribution is -0.130. The van der Waals surface area contributed by atoms with Crippen LogP contribution in [-0.4, -0.2) is 30.4 Å². The molecular weight excluding hydrogens is 176 g/mol. The smallest absolute Gasteiger partial charge is 0.222 e. The van der Waals surface area contributed by atoms with Crippen molar-refractivity contribution in [1.29, 1.82) is 0 Å². The number of nitrogens with zero attached hydrogens (tertiary/aromatic N) is 1. The van der Waals surface area contributed by atoms with E-state index in [2.05, 4.69) is 13.5 Å². The van der Waals surface area contributed by atoms with Crippen molar-refractivity contribution < 1.29 is 4.79 Å². The van der Waals surface area contributed by atoms with E-state index >= 15 is 0 Å². The summed E-state index contributed by atoms with van der Waals surface area (Å²) in [7, 11) is 0. The van der Waals surface area contributed by atoms with Crippen LogP contribution in [0.25, 0.3) is 0 Å². The summed E-state index contributed by atoms with van der Waals surface area (Å²) in [5.74, 6) is 0.222. The SMILES string of the molecule is C=CCN(CCC)C(=O)CCCCN. The van der Waals surface area contributed by atoms with Crippen molar-refractivity contribution in [2.24, 2.45) is 5.73 Å². The molecule has 0 fully saturated rings. The van der Waals surface area contributed by atoms with E-state index in [1.54, 1.807) is 6.08 Å². The van der Waals surface area contributed by atoms with Gasteiger partial charge in [-0.3, -0.25) is 4.79 Å². The van der Waals surface area contributed by atoms with Gasteiger partial charge in [-0.1, -0.05) is 13.0 Å². The maximum Gasteiger partial charge on any atom is 0.222 e. The molecule has 0 aliphatic carbocycles. The van der Waals surface area contributed by atoms with Gasteiger partial charge >= 0.3 is 0 Å². The van der Waals surface area contributed by atoms with Gasteiger partial charge in [0, 0.05) is 19.5 Å². The first kappa shape index (κ1) is 13.2. The normalized spacial score (nSPS) is 9.86. The highest BCUT2D eigenvalue weighted by molar-refractivity contribution is 5.76. The summed E-state index contributed by atoms with van der Waals surface area (Å²) in [4.78, 5) is 13.5. The molecule has 0 aromatic carbocycles. The van der Waals surface area contributed by atoms with E-state index in [1.807, 2.05) is 4.90 Å². The number of amides is 1. The first-order valence-electron chi connectivity index (χ1n) is 5.35. The molecule has 0 saturated heterocycles. The lowest BCUT2D eigenvalue weighted by Gasteiger charge is -2.20. The number of carbonyl (C=O) groups is 1. The molecule has 3 heteroatoms. The Morgan fingerprint density at radius 1 is 1.50 bits per heavy atom. The molecule has 1 amide bonds. The van der Waals surface area contributed by atoms with E-state index in [-0.39, 0.29) is 5.91 Å². The Bertz CT molecular complexity index is 169.